The molecular formula is C37H39F2N4O+. The second-order valence-electron chi connectivity index (χ2n) is 12.8. The molecule has 2 aromatic rings. The molecule has 7 heteroatoms. The predicted molar refractivity (Wildman–Crippen MR) is 171 cm³/mol. The summed E-state index contributed by atoms with van der Waals surface area (Å²) in [6, 6.07) is 11.7. The van der Waals surface area contributed by atoms with Crippen LogP contribution in [-0.4, -0.2) is 35.0 Å². The molecule has 0 bridgehead atoms. The third-order valence-electron chi connectivity index (χ3n) is 9.26. The molecule has 226 valence electrons. The van der Waals surface area contributed by atoms with E-state index in [1.807, 2.05) is 39.8 Å². The van der Waals surface area contributed by atoms with E-state index >= 15 is 0 Å². The van der Waals surface area contributed by atoms with Crippen LogP contribution in [-0.2, 0) is 15.6 Å². The number of benzene rings is 2. The highest BCUT2D eigenvalue weighted by Crippen LogP contribution is 2.50. The van der Waals surface area contributed by atoms with Crippen LogP contribution in [0.3, 0.4) is 0 Å². The topological polar surface area (TPSA) is 71.0 Å². The normalized spacial score (nSPS) is 19.7. The summed E-state index contributed by atoms with van der Waals surface area (Å²) in [5, 5.41) is 17.9. The van der Waals surface area contributed by atoms with Crippen molar-refractivity contribution in [1.29, 1.82) is 10.7 Å². The van der Waals surface area contributed by atoms with Gasteiger partial charge in [0.25, 0.3) is 0 Å². The number of anilines is 1. The minimum atomic E-state index is -0.602. The Morgan fingerprint density at radius 2 is 1.64 bits per heavy atom. The molecule has 0 saturated carbocycles. The number of nitrogens with one attached hydrogen (secondary N) is 1. The van der Waals surface area contributed by atoms with Crippen LogP contribution in [0.5, 0.6) is 0 Å². The van der Waals surface area contributed by atoms with Crippen molar-refractivity contribution in [3.8, 4) is 6.07 Å². The molecule has 1 aliphatic carbocycles. The highest BCUT2D eigenvalue weighted by atomic mass is 19.1. The van der Waals surface area contributed by atoms with Crippen LogP contribution < -0.4 is 4.90 Å². The summed E-state index contributed by atoms with van der Waals surface area (Å²) in [4.78, 5) is 16.2. The molecule has 0 atom stereocenters. The van der Waals surface area contributed by atoms with Crippen molar-refractivity contribution in [2.45, 2.75) is 78.1 Å². The quantitative estimate of drug-likeness (QED) is 0.138. The number of Topliss-reactive ketones (excluding diaryl/α,β-unsaturated/α-hetero) is 1. The summed E-state index contributed by atoms with van der Waals surface area (Å²) in [5.74, 6) is 1.39. The van der Waals surface area contributed by atoms with Crippen LogP contribution in [0.15, 0.2) is 76.5 Å². The first-order chi connectivity index (χ1) is 20.9. The maximum atomic E-state index is 14.4. The summed E-state index contributed by atoms with van der Waals surface area (Å²) in [5.41, 5.74) is 5.01. The fourth-order valence-electron chi connectivity index (χ4n) is 6.75. The number of halogens is 2. The molecule has 5 nitrogen and oxygen atoms in total. The van der Waals surface area contributed by atoms with Crippen molar-refractivity contribution in [3.63, 3.8) is 0 Å². The molecular weight excluding hydrogens is 554 g/mol. The molecule has 44 heavy (non-hydrogen) atoms. The molecule has 2 aromatic carbocycles. The van der Waals surface area contributed by atoms with Crippen LogP contribution in [0.1, 0.15) is 78.4 Å². The van der Waals surface area contributed by atoms with Crippen LogP contribution in [0, 0.1) is 28.4 Å². The van der Waals surface area contributed by atoms with Gasteiger partial charge in [0.05, 0.1) is 5.41 Å². The SMILES string of the molecule is CCCCN1/C(=C/C2=C(C(=C=N)C#N)C(=C/C3=[N+](CCCC)c4ccc(F)cc4C3(C)C)/C2=O)C(C)(C)c2cc(F)ccc21. The van der Waals surface area contributed by atoms with Gasteiger partial charge in [-0.05, 0) is 68.1 Å². The van der Waals surface area contributed by atoms with Crippen molar-refractivity contribution in [1.82, 2.24) is 0 Å². The van der Waals surface area contributed by atoms with Gasteiger partial charge in [-0.1, -0.05) is 40.5 Å². The smallest absolute Gasteiger partial charge is 0.209 e. The summed E-state index contributed by atoms with van der Waals surface area (Å²) in [6.07, 6.45) is 7.37. The molecule has 0 spiro atoms. The van der Waals surface area contributed by atoms with Gasteiger partial charge in [-0.2, -0.15) is 9.84 Å². The number of hydrogen-bond donors (Lipinski definition) is 1. The Labute approximate surface area is 258 Å². The number of ketones is 1. The number of hydrogen-bond acceptors (Lipinski definition) is 4. The molecule has 2 heterocycles. The van der Waals surface area contributed by atoms with Crippen molar-refractivity contribution in [2.75, 3.05) is 18.0 Å². The zero-order chi connectivity index (χ0) is 32.0. The number of unbranched alkanes of at least 4 members (excludes halogenated alkanes) is 2. The van der Waals surface area contributed by atoms with E-state index in [1.165, 1.54) is 12.1 Å². The van der Waals surface area contributed by atoms with E-state index in [0.29, 0.717) is 29.8 Å². The summed E-state index contributed by atoms with van der Waals surface area (Å²) < 4.78 is 31.0. The van der Waals surface area contributed by atoms with Crippen molar-refractivity contribution >= 4 is 28.7 Å². The van der Waals surface area contributed by atoms with Gasteiger partial charge in [0, 0.05) is 64.2 Å². The number of carbonyl (C=O) groups excluding carboxylic acids is 1. The third-order valence-corrected chi connectivity index (χ3v) is 9.26. The molecule has 0 aromatic heterocycles. The Kier molecular flexibility index (Phi) is 8.18. The van der Waals surface area contributed by atoms with E-state index < -0.39 is 10.8 Å². The van der Waals surface area contributed by atoms with Gasteiger partial charge in [-0.3, -0.25) is 10.2 Å². The fourth-order valence-corrected chi connectivity index (χ4v) is 6.75. The lowest BCUT2D eigenvalue weighted by atomic mass is 9.73. The van der Waals surface area contributed by atoms with Crippen molar-refractivity contribution in [2.24, 2.45) is 0 Å². The van der Waals surface area contributed by atoms with E-state index in [4.69, 9.17) is 5.41 Å². The standard InChI is InChI=1S/C37H39F2N4O/c1-7-9-15-42-30-13-11-24(38)17-28(30)36(3,4)32(42)19-26-34(23(21-40)22-41)27(35(26)44)20-33-37(5,6)29-18-25(39)12-14-31(29)43(33)16-10-8-2/h11-14,17-20,40H,7-10,15-16H2,1-6H3/q+1. The maximum absolute atomic E-state index is 14.4. The van der Waals surface area contributed by atoms with Crippen LogP contribution in [0.2, 0.25) is 0 Å². The highest BCUT2D eigenvalue weighted by Gasteiger charge is 2.48. The molecule has 1 N–H and O–H groups in total. The van der Waals surface area contributed by atoms with Crippen LogP contribution in [0.25, 0.3) is 0 Å². The molecule has 0 unspecified atom stereocenters. The number of fused-ring (bicyclic) bond motifs is 2. The van der Waals surface area contributed by atoms with Gasteiger partial charge in [-0.25, -0.2) is 8.78 Å². The molecule has 3 aliphatic rings. The number of nitrogens with zero attached hydrogens (tertiary/aromatic N) is 3. The zero-order valence-electron chi connectivity index (χ0n) is 26.4. The summed E-state index contributed by atoms with van der Waals surface area (Å²) in [6.45, 7) is 13.7. The molecule has 2 aliphatic heterocycles. The highest BCUT2D eigenvalue weighted by molar-refractivity contribution is 6.27. The number of rotatable bonds is 9. The Bertz CT molecular complexity index is 1790. The second kappa shape index (κ2) is 11.6. The lowest BCUT2D eigenvalue weighted by Crippen LogP contribution is -2.32. The minimum absolute atomic E-state index is 0.0257. The predicted octanol–water partition coefficient (Wildman–Crippen LogP) is 8.13. The van der Waals surface area contributed by atoms with Crippen LogP contribution in [0.4, 0.5) is 20.2 Å². The van der Waals surface area contributed by atoms with Gasteiger partial charge in [-0.15, -0.1) is 0 Å². The first-order valence-corrected chi connectivity index (χ1v) is 15.4. The summed E-state index contributed by atoms with van der Waals surface area (Å²) in [7, 11) is 0. The van der Waals surface area contributed by atoms with E-state index in [0.717, 1.165) is 59.6 Å². The average Bonchev–Trinajstić information content (AvgIpc) is 3.33. The first-order valence-electron chi connectivity index (χ1n) is 15.4. The largest absolute Gasteiger partial charge is 0.344 e. The van der Waals surface area contributed by atoms with Gasteiger partial charge in [0.2, 0.25) is 5.69 Å². The minimum Gasteiger partial charge on any atom is -0.344 e. The molecule has 5 rings (SSSR count). The molecule has 0 saturated heterocycles. The van der Waals surface area contributed by atoms with E-state index in [-0.39, 0.29) is 23.0 Å². The average molecular weight is 594 g/mol. The second-order valence-corrected chi connectivity index (χ2v) is 12.8. The third kappa shape index (κ3) is 4.88. The molecule has 0 radical (unpaired) electrons. The lowest BCUT2D eigenvalue weighted by Gasteiger charge is -2.30. The number of nitriles is 1. The van der Waals surface area contributed by atoms with Crippen molar-refractivity contribution < 1.29 is 18.2 Å². The Balaban J connectivity index is 1.71. The molecule has 0 amide bonds. The maximum Gasteiger partial charge on any atom is 0.209 e. The van der Waals surface area contributed by atoms with Crippen molar-refractivity contribution in [3.05, 3.63) is 99.3 Å². The number of allylic oxidation sites excluding steroid dienone is 7. The first kappa shape index (κ1) is 31.0. The monoisotopic (exact) mass is 593 g/mol. The number of carbonyl (C=O) groups is 1. The van der Waals surface area contributed by atoms with Gasteiger partial charge in [0.1, 0.15) is 29.8 Å². The van der Waals surface area contributed by atoms with Gasteiger partial charge < -0.3 is 4.90 Å². The zero-order valence-corrected chi connectivity index (χ0v) is 26.4. The van der Waals surface area contributed by atoms with Crippen LogP contribution >= 0.6 is 0 Å². The Morgan fingerprint density at radius 3 is 2.27 bits per heavy atom. The van der Waals surface area contributed by atoms with E-state index in [9.17, 15) is 18.8 Å². The van der Waals surface area contributed by atoms with Gasteiger partial charge >= 0.3 is 0 Å². The van der Waals surface area contributed by atoms with Gasteiger partial charge in [0.15, 0.2) is 11.5 Å². The summed E-state index contributed by atoms with van der Waals surface area (Å²) >= 11 is 0. The Hall–Kier alpha value is -4.40. The Morgan fingerprint density at radius 1 is 0.977 bits per heavy atom. The lowest BCUT2D eigenvalue weighted by molar-refractivity contribution is -0.438. The molecule has 0 fully saturated rings. The van der Waals surface area contributed by atoms with E-state index in [2.05, 4.69) is 35.3 Å². The fraction of sp³-hybridized carbons (Fsp3) is 0.378. The van der Waals surface area contributed by atoms with E-state index in [1.54, 1.807) is 24.3 Å².